The fourth-order valence-electron chi connectivity index (χ4n) is 5.25. The van der Waals surface area contributed by atoms with Gasteiger partial charge in [-0.25, -0.2) is 0 Å². The zero-order valence-corrected chi connectivity index (χ0v) is 27.4. The Kier molecular flexibility index (Phi) is 14.9. The summed E-state index contributed by atoms with van der Waals surface area (Å²) in [5.74, 6) is -6.83. The standard InChI is InChI=1S/C34H43N7O9/c35-15-7-6-12-24(32(48)41-27(18-30(45)46)34(50)40-25(31(36)47)16-20-8-2-1-3-9-20)39-33(49)26(38-28(42)13-14-29(43)44)17-21-19-37-23-11-5-4-10-22(21)23/h1-5,8-11,19,24-27,37H,6-7,12-18,35H2,(H2,36,47)(H,38,42)(H,39,49)(H,40,50)(H,41,48)(H,43,44)(H,45,46)/t24-,25-,26-,27-/m0/s1. The predicted molar refractivity (Wildman–Crippen MR) is 181 cm³/mol. The van der Waals surface area contributed by atoms with Gasteiger partial charge >= 0.3 is 11.9 Å². The zero-order chi connectivity index (χ0) is 36.6. The van der Waals surface area contributed by atoms with Crippen LogP contribution in [0, 0.1) is 0 Å². The number of fused-ring (bicyclic) bond motifs is 1. The van der Waals surface area contributed by atoms with E-state index in [-0.39, 0.29) is 25.8 Å². The molecule has 11 N–H and O–H groups in total. The van der Waals surface area contributed by atoms with Crippen molar-refractivity contribution in [3.8, 4) is 0 Å². The number of carbonyl (C=O) groups is 7. The minimum absolute atomic E-state index is 0.0173. The lowest BCUT2D eigenvalue weighted by molar-refractivity contribution is -0.141. The lowest BCUT2D eigenvalue weighted by atomic mass is 10.0. The van der Waals surface area contributed by atoms with Crippen LogP contribution in [0.15, 0.2) is 60.8 Å². The van der Waals surface area contributed by atoms with Crippen LogP contribution in [0.5, 0.6) is 0 Å². The minimum atomic E-state index is -1.65. The second-order valence-electron chi connectivity index (χ2n) is 11.7. The van der Waals surface area contributed by atoms with Crippen molar-refractivity contribution in [2.24, 2.45) is 11.5 Å². The molecule has 3 aromatic rings. The van der Waals surface area contributed by atoms with E-state index in [9.17, 15) is 38.7 Å². The SMILES string of the molecule is NCCCC[C@H](NC(=O)[C@H](Cc1c[nH]c2ccccc12)NC(=O)CCC(=O)O)C(=O)N[C@@H](CC(=O)O)C(=O)N[C@@H](Cc1ccccc1)C(N)=O. The molecule has 0 spiro atoms. The van der Waals surface area contributed by atoms with E-state index in [1.165, 1.54) is 0 Å². The molecule has 268 valence electrons. The molecule has 0 bridgehead atoms. The number of para-hydroxylation sites is 1. The van der Waals surface area contributed by atoms with Crippen LogP contribution in [0.2, 0.25) is 0 Å². The molecule has 0 radical (unpaired) electrons. The van der Waals surface area contributed by atoms with Crippen LogP contribution in [-0.4, -0.2) is 87.4 Å². The first-order valence-electron chi connectivity index (χ1n) is 16.1. The maximum Gasteiger partial charge on any atom is 0.305 e. The van der Waals surface area contributed by atoms with Gasteiger partial charge in [-0.2, -0.15) is 0 Å². The second kappa shape index (κ2) is 19.3. The number of aromatic amines is 1. The van der Waals surface area contributed by atoms with Crippen LogP contribution in [0.25, 0.3) is 10.9 Å². The highest BCUT2D eigenvalue weighted by atomic mass is 16.4. The summed E-state index contributed by atoms with van der Waals surface area (Å²) in [4.78, 5) is 91.3. The Balaban J connectivity index is 1.82. The van der Waals surface area contributed by atoms with E-state index in [0.717, 1.165) is 10.9 Å². The minimum Gasteiger partial charge on any atom is -0.481 e. The van der Waals surface area contributed by atoms with E-state index in [1.807, 2.05) is 18.2 Å². The van der Waals surface area contributed by atoms with E-state index in [4.69, 9.17) is 16.6 Å². The van der Waals surface area contributed by atoms with Gasteiger partial charge < -0.3 is 47.9 Å². The molecule has 0 aliphatic carbocycles. The zero-order valence-electron chi connectivity index (χ0n) is 27.4. The number of carbonyl (C=O) groups excluding carboxylic acids is 5. The lowest BCUT2D eigenvalue weighted by Gasteiger charge is -2.26. The molecule has 3 rings (SSSR count). The first kappa shape index (κ1) is 38.7. The largest absolute Gasteiger partial charge is 0.481 e. The molecule has 1 aromatic heterocycles. The maximum absolute atomic E-state index is 13.7. The number of rotatable bonds is 21. The molecule has 16 heteroatoms. The Hall–Kier alpha value is -5.77. The molecular formula is C34H43N7O9. The molecule has 16 nitrogen and oxygen atoms in total. The first-order valence-corrected chi connectivity index (χ1v) is 16.1. The molecule has 5 amide bonds. The Morgan fingerprint density at radius 1 is 0.680 bits per heavy atom. The van der Waals surface area contributed by atoms with Gasteiger partial charge in [0, 0.05) is 36.4 Å². The highest BCUT2D eigenvalue weighted by Gasteiger charge is 2.32. The van der Waals surface area contributed by atoms with Crippen LogP contribution < -0.4 is 32.7 Å². The van der Waals surface area contributed by atoms with Crippen LogP contribution in [0.3, 0.4) is 0 Å². The summed E-state index contributed by atoms with van der Waals surface area (Å²) in [5.41, 5.74) is 13.3. The quantitative estimate of drug-likeness (QED) is 0.0665. The second-order valence-corrected chi connectivity index (χ2v) is 11.7. The van der Waals surface area contributed by atoms with E-state index in [1.54, 1.807) is 42.6 Å². The summed E-state index contributed by atoms with van der Waals surface area (Å²) in [7, 11) is 0. The molecule has 0 aliphatic rings. The third-order valence-corrected chi connectivity index (χ3v) is 7.85. The van der Waals surface area contributed by atoms with Gasteiger partial charge in [0.1, 0.15) is 24.2 Å². The summed E-state index contributed by atoms with van der Waals surface area (Å²) in [6.45, 7) is 0.283. The van der Waals surface area contributed by atoms with Gasteiger partial charge in [-0.05, 0) is 43.0 Å². The van der Waals surface area contributed by atoms with Crippen molar-refractivity contribution < 1.29 is 43.8 Å². The van der Waals surface area contributed by atoms with Gasteiger partial charge in [0.2, 0.25) is 29.5 Å². The molecule has 2 aromatic carbocycles. The monoisotopic (exact) mass is 693 g/mol. The van der Waals surface area contributed by atoms with Crippen molar-refractivity contribution in [1.29, 1.82) is 0 Å². The summed E-state index contributed by atoms with van der Waals surface area (Å²) < 4.78 is 0. The number of primary amides is 1. The lowest BCUT2D eigenvalue weighted by Crippen LogP contribution is -2.58. The number of carboxylic acid groups (broad SMARTS) is 2. The van der Waals surface area contributed by atoms with Crippen LogP contribution >= 0.6 is 0 Å². The van der Waals surface area contributed by atoms with E-state index in [2.05, 4.69) is 26.3 Å². The van der Waals surface area contributed by atoms with Crippen molar-refractivity contribution >= 4 is 52.4 Å². The summed E-state index contributed by atoms with van der Waals surface area (Å²) in [6, 6.07) is 10.5. The Morgan fingerprint density at radius 3 is 1.96 bits per heavy atom. The third-order valence-electron chi connectivity index (χ3n) is 7.85. The molecule has 0 saturated heterocycles. The number of unbranched alkanes of at least 4 members (excludes halogenated alkanes) is 1. The molecule has 0 aliphatic heterocycles. The highest BCUT2D eigenvalue weighted by Crippen LogP contribution is 2.19. The van der Waals surface area contributed by atoms with Gasteiger partial charge in [0.25, 0.3) is 0 Å². The molecule has 0 unspecified atom stereocenters. The Labute approximate surface area is 287 Å². The number of aromatic nitrogens is 1. The number of H-pyrrole nitrogens is 1. The number of hydrogen-bond donors (Lipinski definition) is 9. The van der Waals surface area contributed by atoms with Gasteiger partial charge in [-0.3, -0.25) is 33.6 Å². The molecule has 50 heavy (non-hydrogen) atoms. The summed E-state index contributed by atoms with van der Waals surface area (Å²) >= 11 is 0. The maximum atomic E-state index is 13.7. The number of benzene rings is 2. The number of carboxylic acids is 2. The summed E-state index contributed by atoms with van der Waals surface area (Å²) in [5, 5.41) is 29.3. The van der Waals surface area contributed by atoms with Crippen molar-refractivity contribution in [3.63, 3.8) is 0 Å². The number of nitrogens with two attached hydrogens (primary N) is 2. The average molecular weight is 694 g/mol. The number of aliphatic carboxylic acids is 2. The normalized spacial score (nSPS) is 13.3. The Morgan fingerprint density at radius 2 is 1.30 bits per heavy atom. The van der Waals surface area contributed by atoms with E-state index in [0.29, 0.717) is 24.0 Å². The third kappa shape index (κ3) is 12.4. The number of nitrogens with one attached hydrogen (secondary N) is 5. The fourth-order valence-corrected chi connectivity index (χ4v) is 5.25. The van der Waals surface area contributed by atoms with Crippen molar-refractivity contribution in [3.05, 3.63) is 71.9 Å². The predicted octanol–water partition coefficient (Wildman–Crippen LogP) is -0.154. The first-order chi connectivity index (χ1) is 23.9. The van der Waals surface area contributed by atoms with E-state index >= 15 is 0 Å². The average Bonchev–Trinajstić information content (AvgIpc) is 3.48. The number of hydrogen-bond acceptors (Lipinski definition) is 8. The highest BCUT2D eigenvalue weighted by molar-refractivity contribution is 5.97. The molecule has 0 fully saturated rings. The molecule has 0 saturated carbocycles. The molecular weight excluding hydrogens is 650 g/mol. The molecule has 1 heterocycles. The summed E-state index contributed by atoms with van der Waals surface area (Å²) in [6.07, 6.45) is 0.845. The van der Waals surface area contributed by atoms with Crippen LogP contribution in [0.1, 0.15) is 49.7 Å². The van der Waals surface area contributed by atoms with Crippen LogP contribution in [0.4, 0.5) is 0 Å². The Bertz CT molecular complexity index is 1660. The van der Waals surface area contributed by atoms with Gasteiger partial charge in [0.15, 0.2) is 0 Å². The van der Waals surface area contributed by atoms with Crippen LogP contribution in [-0.2, 0) is 46.4 Å². The van der Waals surface area contributed by atoms with Gasteiger partial charge in [-0.1, -0.05) is 48.5 Å². The van der Waals surface area contributed by atoms with Crippen molar-refractivity contribution in [2.45, 2.75) is 75.5 Å². The smallest absolute Gasteiger partial charge is 0.305 e. The molecule has 4 atom stereocenters. The fraction of sp³-hybridized carbons (Fsp3) is 0.382. The topological polar surface area (TPSA) is 276 Å². The van der Waals surface area contributed by atoms with Gasteiger partial charge in [-0.15, -0.1) is 0 Å². The van der Waals surface area contributed by atoms with Crippen molar-refractivity contribution in [2.75, 3.05) is 6.54 Å². The van der Waals surface area contributed by atoms with E-state index < -0.39 is 84.9 Å². The number of amides is 5. The van der Waals surface area contributed by atoms with Crippen molar-refractivity contribution in [1.82, 2.24) is 26.3 Å². The van der Waals surface area contributed by atoms with Gasteiger partial charge in [0.05, 0.1) is 12.8 Å².